The molecule has 0 fully saturated rings. The van der Waals surface area contributed by atoms with Crippen LogP contribution in [0.3, 0.4) is 0 Å². The second-order valence-corrected chi connectivity index (χ2v) is 11.3. The lowest BCUT2D eigenvalue weighted by Gasteiger charge is -2.32. The lowest BCUT2D eigenvalue weighted by atomic mass is 10.1. The molecule has 2 amide bonds. The zero-order valence-electron chi connectivity index (χ0n) is 22.6. The molecule has 0 aliphatic heterocycles. The summed E-state index contributed by atoms with van der Waals surface area (Å²) in [6.45, 7) is 7.73. The van der Waals surface area contributed by atoms with Crippen LogP contribution < -0.4 is 9.62 Å². The van der Waals surface area contributed by atoms with E-state index < -0.39 is 28.5 Å². The Labute approximate surface area is 226 Å². The van der Waals surface area contributed by atoms with Crippen LogP contribution in [0.5, 0.6) is 0 Å². The third-order valence-corrected chi connectivity index (χ3v) is 8.17. The minimum absolute atomic E-state index is 0.0991. The van der Waals surface area contributed by atoms with Crippen LogP contribution in [0, 0.1) is 13.8 Å². The van der Waals surface area contributed by atoms with Crippen molar-refractivity contribution in [1.29, 1.82) is 0 Å². The maximum absolute atomic E-state index is 13.8. The Kier molecular flexibility index (Phi) is 10.1. The number of aryl methyl sites for hydroxylation is 2. The highest BCUT2D eigenvalue weighted by atomic mass is 32.2. The summed E-state index contributed by atoms with van der Waals surface area (Å²) in [5, 5.41) is 2.85. The quantitative estimate of drug-likeness (QED) is 0.370. The molecule has 0 saturated carbocycles. The molecule has 0 unspecified atom stereocenters. The maximum atomic E-state index is 13.8. The van der Waals surface area contributed by atoms with E-state index in [1.165, 1.54) is 4.90 Å². The number of rotatable bonds is 12. The van der Waals surface area contributed by atoms with Gasteiger partial charge in [0.05, 0.1) is 10.6 Å². The molecule has 0 aliphatic rings. The summed E-state index contributed by atoms with van der Waals surface area (Å²) >= 11 is 0. The number of nitrogens with one attached hydrogen (secondary N) is 1. The minimum Gasteiger partial charge on any atom is -0.354 e. The molecular formula is C30H37N3O4S. The van der Waals surface area contributed by atoms with E-state index in [9.17, 15) is 18.0 Å². The number of benzene rings is 3. The SMILES string of the molecule is CCCNC(=O)[C@H](C)N(CCc1ccccc1)C(=O)CN(c1cccc(C)c1)S(=O)(=O)c1ccc(C)cc1. The largest absolute Gasteiger partial charge is 0.354 e. The second kappa shape index (κ2) is 13.2. The molecule has 1 atom stereocenters. The van der Waals surface area contributed by atoms with E-state index in [4.69, 9.17) is 0 Å². The van der Waals surface area contributed by atoms with E-state index in [0.29, 0.717) is 18.7 Å². The third kappa shape index (κ3) is 7.44. The number of nitrogens with zero attached hydrogens (tertiary/aromatic N) is 2. The molecule has 0 saturated heterocycles. The van der Waals surface area contributed by atoms with Crippen molar-refractivity contribution in [3.63, 3.8) is 0 Å². The Bertz CT molecular complexity index is 1330. The molecule has 0 bridgehead atoms. The zero-order valence-corrected chi connectivity index (χ0v) is 23.4. The van der Waals surface area contributed by atoms with Gasteiger partial charge >= 0.3 is 0 Å². The van der Waals surface area contributed by atoms with E-state index in [1.807, 2.05) is 57.2 Å². The molecule has 0 aliphatic carbocycles. The number of sulfonamides is 1. The van der Waals surface area contributed by atoms with E-state index in [2.05, 4.69) is 5.32 Å². The van der Waals surface area contributed by atoms with Gasteiger partial charge in [0, 0.05) is 13.1 Å². The van der Waals surface area contributed by atoms with Crippen molar-refractivity contribution in [3.8, 4) is 0 Å². The molecule has 0 heterocycles. The first-order valence-electron chi connectivity index (χ1n) is 12.9. The van der Waals surface area contributed by atoms with Crippen LogP contribution in [0.15, 0.2) is 83.8 Å². The molecule has 8 heteroatoms. The average molecular weight is 536 g/mol. The zero-order chi connectivity index (χ0) is 27.7. The van der Waals surface area contributed by atoms with Gasteiger partial charge in [-0.15, -0.1) is 0 Å². The standard InChI is InChI=1S/C30H37N3O4S/c1-5-19-31-30(35)25(4)32(20-18-26-11-7-6-8-12-26)29(34)22-33(27-13-9-10-24(3)21-27)38(36,37)28-16-14-23(2)15-17-28/h6-17,21,25H,5,18-20,22H2,1-4H3,(H,31,35)/t25-/m0/s1. The summed E-state index contributed by atoms with van der Waals surface area (Å²) < 4.78 is 28.8. The summed E-state index contributed by atoms with van der Waals surface area (Å²) in [5.74, 6) is -0.714. The van der Waals surface area contributed by atoms with Crippen LogP contribution in [0.2, 0.25) is 0 Å². The smallest absolute Gasteiger partial charge is 0.264 e. The Morgan fingerprint density at radius 1 is 0.895 bits per heavy atom. The molecule has 1 N–H and O–H groups in total. The highest BCUT2D eigenvalue weighted by Gasteiger charge is 2.32. The highest BCUT2D eigenvalue weighted by molar-refractivity contribution is 7.92. The van der Waals surface area contributed by atoms with Crippen LogP contribution in [0.4, 0.5) is 5.69 Å². The molecule has 202 valence electrons. The fraction of sp³-hybridized carbons (Fsp3) is 0.333. The fourth-order valence-electron chi connectivity index (χ4n) is 4.12. The van der Waals surface area contributed by atoms with Crippen molar-refractivity contribution in [2.24, 2.45) is 0 Å². The molecule has 0 aromatic heterocycles. The topological polar surface area (TPSA) is 86.8 Å². The lowest BCUT2D eigenvalue weighted by Crippen LogP contribution is -2.52. The van der Waals surface area contributed by atoms with Crippen molar-refractivity contribution in [2.45, 2.75) is 51.5 Å². The van der Waals surface area contributed by atoms with Gasteiger partial charge in [-0.1, -0.05) is 67.1 Å². The van der Waals surface area contributed by atoms with Gasteiger partial charge < -0.3 is 10.2 Å². The summed E-state index contributed by atoms with van der Waals surface area (Å²) in [7, 11) is -4.06. The maximum Gasteiger partial charge on any atom is 0.264 e. The number of carbonyl (C=O) groups is 2. The van der Waals surface area contributed by atoms with E-state index in [-0.39, 0.29) is 17.3 Å². The number of hydrogen-bond donors (Lipinski definition) is 1. The minimum atomic E-state index is -4.06. The lowest BCUT2D eigenvalue weighted by molar-refractivity contribution is -0.138. The highest BCUT2D eigenvalue weighted by Crippen LogP contribution is 2.25. The van der Waals surface area contributed by atoms with Crippen molar-refractivity contribution in [3.05, 3.63) is 95.6 Å². The van der Waals surface area contributed by atoms with Crippen molar-refractivity contribution in [2.75, 3.05) is 23.9 Å². The Balaban J connectivity index is 1.96. The van der Waals surface area contributed by atoms with Gasteiger partial charge in [0.15, 0.2) is 0 Å². The van der Waals surface area contributed by atoms with Crippen LogP contribution in [-0.2, 0) is 26.0 Å². The number of amides is 2. The van der Waals surface area contributed by atoms with Gasteiger partial charge in [0.2, 0.25) is 11.8 Å². The predicted octanol–water partition coefficient (Wildman–Crippen LogP) is 4.48. The number of hydrogen-bond acceptors (Lipinski definition) is 4. The molecule has 0 spiro atoms. The van der Waals surface area contributed by atoms with E-state index >= 15 is 0 Å². The van der Waals surface area contributed by atoms with Crippen molar-refractivity contribution in [1.82, 2.24) is 10.2 Å². The summed E-state index contributed by atoms with van der Waals surface area (Å²) in [5.41, 5.74) is 3.22. The second-order valence-electron chi connectivity index (χ2n) is 9.45. The predicted molar refractivity (Wildman–Crippen MR) is 152 cm³/mol. The molecule has 38 heavy (non-hydrogen) atoms. The van der Waals surface area contributed by atoms with Gasteiger partial charge in [0.1, 0.15) is 12.6 Å². The first-order valence-corrected chi connectivity index (χ1v) is 14.3. The Morgan fingerprint density at radius 3 is 2.21 bits per heavy atom. The first-order chi connectivity index (χ1) is 18.1. The van der Waals surface area contributed by atoms with Gasteiger partial charge in [-0.3, -0.25) is 13.9 Å². The Hall–Kier alpha value is -3.65. The molecule has 7 nitrogen and oxygen atoms in total. The summed E-state index contributed by atoms with van der Waals surface area (Å²) in [6.07, 6.45) is 1.31. The Morgan fingerprint density at radius 2 is 1.58 bits per heavy atom. The summed E-state index contributed by atoms with van der Waals surface area (Å²) in [6, 6.07) is 22.5. The van der Waals surface area contributed by atoms with Crippen LogP contribution in [0.25, 0.3) is 0 Å². The fourth-order valence-corrected chi connectivity index (χ4v) is 5.52. The van der Waals surface area contributed by atoms with Gasteiger partial charge in [-0.05, 0) is 69.0 Å². The molecule has 3 rings (SSSR count). The van der Waals surface area contributed by atoms with E-state index in [0.717, 1.165) is 27.4 Å². The van der Waals surface area contributed by atoms with Crippen LogP contribution in [0.1, 0.15) is 37.0 Å². The molecule has 0 radical (unpaired) electrons. The third-order valence-electron chi connectivity index (χ3n) is 6.38. The number of carbonyl (C=O) groups excluding carboxylic acids is 2. The van der Waals surface area contributed by atoms with Crippen LogP contribution in [-0.4, -0.2) is 50.8 Å². The molecule has 3 aromatic carbocycles. The van der Waals surface area contributed by atoms with Crippen LogP contribution >= 0.6 is 0 Å². The number of anilines is 1. The van der Waals surface area contributed by atoms with Crippen molar-refractivity contribution < 1.29 is 18.0 Å². The van der Waals surface area contributed by atoms with Gasteiger partial charge in [0.25, 0.3) is 10.0 Å². The normalized spacial score (nSPS) is 12.0. The average Bonchev–Trinajstić information content (AvgIpc) is 2.91. The van der Waals surface area contributed by atoms with Gasteiger partial charge in [-0.2, -0.15) is 0 Å². The molecular weight excluding hydrogens is 498 g/mol. The molecule has 3 aromatic rings. The summed E-state index contributed by atoms with van der Waals surface area (Å²) in [4.78, 5) is 28.3. The van der Waals surface area contributed by atoms with E-state index in [1.54, 1.807) is 49.4 Å². The monoisotopic (exact) mass is 535 g/mol. The van der Waals surface area contributed by atoms with Gasteiger partial charge in [-0.25, -0.2) is 8.42 Å². The van der Waals surface area contributed by atoms with Crippen molar-refractivity contribution >= 4 is 27.5 Å². The first kappa shape index (κ1) is 28.9.